The lowest BCUT2D eigenvalue weighted by Crippen LogP contribution is -2.37. The Morgan fingerprint density at radius 3 is 2.35 bits per heavy atom. The van der Waals surface area contributed by atoms with E-state index < -0.39 is 32.5 Å². The molecule has 186 valence electrons. The van der Waals surface area contributed by atoms with Gasteiger partial charge in [-0.3, -0.25) is 9.10 Å². The number of ether oxygens (including phenoxy) is 1. The number of anilines is 2. The van der Waals surface area contributed by atoms with Gasteiger partial charge in [0.1, 0.15) is 17.2 Å². The van der Waals surface area contributed by atoms with Gasteiger partial charge in [-0.1, -0.05) is 29.6 Å². The molecule has 0 atom stereocenters. The summed E-state index contributed by atoms with van der Waals surface area (Å²) in [5.74, 6) is -0.556. The molecule has 1 aliphatic heterocycles. The number of nitrogens with zero attached hydrogens (tertiary/aromatic N) is 2. The molecule has 0 aliphatic carbocycles. The number of halogens is 2. The highest BCUT2D eigenvalue weighted by atomic mass is 35.5. The Hall–Kier alpha value is -2.05. The molecule has 13 heteroatoms. The van der Waals surface area contributed by atoms with Gasteiger partial charge in [0.15, 0.2) is 0 Å². The average Bonchev–Trinajstić information content (AvgIpc) is 2.79. The van der Waals surface area contributed by atoms with Crippen molar-refractivity contribution >= 4 is 60.5 Å². The maximum atomic E-state index is 13.2. The largest absolute Gasteiger partial charge is 0.495 e. The third-order valence-electron chi connectivity index (χ3n) is 5.24. The Balaban J connectivity index is 1.88. The summed E-state index contributed by atoms with van der Waals surface area (Å²) in [4.78, 5) is 12.7. The Labute approximate surface area is 209 Å². The summed E-state index contributed by atoms with van der Waals surface area (Å²) >= 11 is 12.1. The maximum absolute atomic E-state index is 13.2. The fraction of sp³-hybridized carbons (Fsp3) is 0.381. The molecule has 0 saturated carbocycles. The molecule has 1 aliphatic rings. The van der Waals surface area contributed by atoms with Crippen molar-refractivity contribution in [3.05, 3.63) is 46.4 Å². The summed E-state index contributed by atoms with van der Waals surface area (Å²) in [6.45, 7) is 0.219. The predicted octanol–water partition coefficient (Wildman–Crippen LogP) is 3.58. The average molecular weight is 550 g/mol. The summed E-state index contributed by atoms with van der Waals surface area (Å²) in [5, 5.41) is 2.90. The highest BCUT2D eigenvalue weighted by Crippen LogP contribution is 2.32. The van der Waals surface area contributed by atoms with E-state index in [1.807, 2.05) is 0 Å². The number of rotatable bonds is 8. The van der Waals surface area contributed by atoms with Gasteiger partial charge in [0.05, 0.1) is 24.1 Å². The first kappa shape index (κ1) is 26.6. The van der Waals surface area contributed by atoms with Gasteiger partial charge < -0.3 is 10.1 Å². The van der Waals surface area contributed by atoms with Crippen molar-refractivity contribution in [2.45, 2.75) is 24.2 Å². The molecule has 1 saturated heterocycles. The summed E-state index contributed by atoms with van der Waals surface area (Å²) in [7, 11) is -6.38. The Morgan fingerprint density at radius 1 is 1.06 bits per heavy atom. The van der Waals surface area contributed by atoms with E-state index in [0.717, 1.165) is 29.8 Å². The molecule has 2 aromatic rings. The van der Waals surface area contributed by atoms with E-state index in [1.54, 1.807) is 0 Å². The third-order valence-corrected chi connectivity index (χ3v) is 8.85. The minimum absolute atomic E-state index is 0.0508. The number of benzene rings is 2. The summed E-state index contributed by atoms with van der Waals surface area (Å²) in [5.41, 5.74) is 0.224. The number of sulfonamides is 2. The Morgan fingerprint density at radius 2 is 1.74 bits per heavy atom. The van der Waals surface area contributed by atoms with Crippen LogP contribution in [-0.2, 0) is 24.8 Å². The third kappa shape index (κ3) is 6.14. The highest BCUT2D eigenvalue weighted by Gasteiger charge is 2.30. The number of methoxy groups -OCH3 is 1. The molecular weight excluding hydrogens is 525 g/mol. The van der Waals surface area contributed by atoms with Crippen molar-refractivity contribution in [3.8, 4) is 5.75 Å². The number of carbonyl (C=O) groups excluding carboxylic acids is 1. The van der Waals surface area contributed by atoms with Crippen LogP contribution in [0, 0.1) is 0 Å². The molecule has 9 nitrogen and oxygen atoms in total. The van der Waals surface area contributed by atoms with Crippen LogP contribution in [0.3, 0.4) is 0 Å². The SMILES string of the molecule is COc1ccc(NC(=O)CN(c2cc(Cl)ccc2Cl)S(C)(=O)=O)cc1S(=O)(=O)N1CCCCC1. The van der Waals surface area contributed by atoms with Crippen molar-refractivity contribution in [2.24, 2.45) is 0 Å². The first-order valence-electron chi connectivity index (χ1n) is 10.3. The van der Waals surface area contributed by atoms with Crippen molar-refractivity contribution < 1.29 is 26.4 Å². The monoisotopic (exact) mass is 549 g/mol. The molecule has 3 rings (SSSR count). The Bertz CT molecular complexity index is 1280. The molecule has 1 heterocycles. The van der Waals surface area contributed by atoms with Crippen molar-refractivity contribution in [1.82, 2.24) is 4.31 Å². The molecular formula is C21H25Cl2N3O6S2. The smallest absolute Gasteiger partial charge is 0.246 e. The number of hydrogen-bond donors (Lipinski definition) is 1. The number of amides is 1. The van der Waals surface area contributed by atoms with Crippen LogP contribution in [-0.4, -0.2) is 60.0 Å². The van der Waals surface area contributed by atoms with Crippen LogP contribution < -0.4 is 14.4 Å². The first-order chi connectivity index (χ1) is 15.9. The molecule has 0 radical (unpaired) electrons. The minimum atomic E-state index is -3.89. The van der Waals surface area contributed by atoms with Crippen LogP contribution in [0.2, 0.25) is 10.0 Å². The molecule has 1 amide bonds. The predicted molar refractivity (Wildman–Crippen MR) is 133 cm³/mol. The lowest BCUT2D eigenvalue weighted by Gasteiger charge is -2.27. The van der Waals surface area contributed by atoms with Crippen LogP contribution in [0.4, 0.5) is 11.4 Å². The highest BCUT2D eigenvalue weighted by molar-refractivity contribution is 7.92. The van der Waals surface area contributed by atoms with Crippen molar-refractivity contribution in [3.63, 3.8) is 0 Å². The van der Waals surface area contributed by atoms with Crippen LogP contribution in [0.1, 0.15) is 19.3 Å². The number of piperidine rings is 1. The minimum Gasteiger partial charge on any atom is -0.495 e. The molecule has 34 heavy (non-hydrogen) atoms. The van der Waals surface area contributed by atoms with Crippen LogP contribution >= 0.6 is 23.2 Å². The molecule has 0 unspecified atom stereocenters. The van der Waals surface area contributed by atoms with Gasteiger partial charge in [-0.05, 0) is 49.2 Å². The van der Waals surface area contributed by atoms with E-state index in [2.05, 4.69) is 5.32 Å². The van der Waals surface area contributed by atoms with E-state index in [1.165, 1.54) is 47.8 Å². The molecule has 0 aromatic heterocycles. The zero-order valence-electron chi connectivity index (χ0n) is 18.6. The molecule has 0 spiro atoms. The van der Waals surface area contributed by atoms with E-state index in [0.29, 0.717) is 13.1 Å². The summed E-state index contributed by atoms with van der Waals surface area (Å²) < 4.78 is 58.6. The zero-order chi connectivity index (χ0) is 25.1. The van der Waals surface area contributed by atoms with Crippen LogP contribution in [0.5, 0.6) is 5.75 Å². The number of carbonyl (C=O) groups is 1. The second kappa shape index (κ2) is 10.7. The van der Waals surface area contributed by atoms with Crippen molar-refractivity contribution in [2.75, 3.05) is 42.6 Å². The zero-order valence-corrected chi connectivity index (χ0v) is 21.8. The number of hydrogen-bond acceptors (Lipinski definition) is 6. The quantitative estimate of drug-likeness (QED) is 0.538. The van der Waals surface area contributed by atoms with E-state index in [9.17, 15) is 21.6 Å². The topological polar surface area (TPSA) is 113 Å². The summed E-state index contributed by atoms with van der Waals surface area (Å²) in [6, 6.07) is 8.48. The van der Waals surface area contributed by atoms with E-state index in [-0.39, 0.29) is 32.1 Å². The Kier molecular flexibility index (Phi) is 8.35. The van der Waals surface area contributed by atoms with E-state index >= 15 is 0 Å². The number of nitrogens with one attached hydrogen (secondary N) is 1. The van der Waals surface area contributed by atoms with Gasteiger partial charge in [0.2, 0.25) is 26.0 Å². The van der Waals surface area contributed by atoms with Gasteiger partial charge in [-0.25, -0.2) is 16.8 Å². The van der Waals surface area contributed by atoms with Crippen LogP contribution in [0.15, 0.2) is 41.3 Å². The molecule has 2 aromatic carbocycles. The molecule has 1 fully saturated rings. The fourth-order valence-corrected chi connectivity index (χ4v) is 6.58. The molecule has 0 bridgehead atoms. The summed E-state index contributed by atoms with van der Waals surface area (Å²) in [6.07, 6.45) is 3.44. The van der Waals surface area contributed by atoms with E-state index in [4.69, 9.17) is 27.9 Å². The standard InChI is InChI=1S/C21H25Cl2N3O6S2/c1-32-19-9-7-16(13-20(19)34(30,31)25-10-4-3-5-11-25)24-21(27)14-26(33(2,28)29)18-12-15(22)6-8-17(18)23/h6-9,12-13H,3-5,10-11,14H2,1-2H3,(H,24,27). The van der Waals surface area contributed by atoms with Gasteiger partial charge in [-0.2, -0.15) is 4.31 Å². The normalized spacial score (nSPS) is 15.1. The van der Waals surface area contributed by atoms with Gasteiger partial charge in [0.25, 0.3) is 0 Å². The van der Waals surface area contributed by atoms with Gasteiger partial charge in [-0.15, -0.1) is 0 Å². The van der Waals surface area contributed by atoms with Gasteiger partial charge >= 0.3 is 0 Å². The lowest BCUT2D eigenvalue weighted by molar-refractivity contribution is -0.114. The fourth-order valence-electron chi connectivity index (χ4n) is 3.59. The maximum Gasteiger partial charge on any atom is 0.246 e. The van der Waals surface area contributed by atoms with Gasteiger partial charge in [0, 0.05) is 23.8 Å². The van der Waals surface area contributed by atoms with Crippen molar-refractivity contribution in [1.29, 1.82) is 0 Å². The first-order valence-corrected chi connectivity index (χ1v) is 14.4. The lowest BCUT2D eigenvalue weighted by atomic mass is 10.2. The van der Waals surface area contributed by atoms with Crippen LogP contribution in [0.25, 0.3) is 0 Å². The molecule has 1 N–H and O–H groups in total. The second-order valence-corrected chi connectivity index (χ2v) is 12.4. The second-order valence-electron chi connectivity index (χ2n) is 7.74.